The molecule has 0 aliphatic rings. The molecule has 186 valence electrons. The first kappa shape index (κ1) is 27.8. The number of ether oxygens (including phenoxy) is 2. The summed E-state index contributed by atoms with van der Waals surface area (Å²) in [5.41, 5.74) is 1.83. The van der Waals surface area contributed by atoms with Gasteiger partial charge in [-0.15, -0.1) is 0 Å². The summed E-state index contributed by atoms with van der Waals surface area (Å²) in [6.45, 7) is 5.07. The summed E-state index contributed by atoms with van der Waals surface area (Å²) < 4.78 is 11.0. The van der Waals surface area contributed by atoms with Gasteiger partial charge in [-0.1, -0.05) is 48.9 Å². The van der Waals surface area contributed by atoms with Gasteiger partial charge < -0.3 is 20.1 Å². The van der Waals surface area contributed by atoms with Crippen LogP contribution in [-0.4, -0.2) is 38.1 Å². The fourth-order valence-corrected chi connectivity index (χ4v) is 3.46. The summed E-state index contributed by atoms with van der Waals surface area (Å²) in [5.74, 6) is 1.02. The molecule has 8 heteroatoms. The minimum atomic E-state index is -0.126. The lowest BCUT2D eigenvalue weighted by Crippen LogP contribution is -2.29. The van der Waals surface area contributed by atoms with Gasteiger partial charge in [-0.25, -0.2) is 0 Å². The van der Waals surface area contributed by atoms with E-state index in [1.165, 1.54) is 0 Å². The molecule has 2 aromatic rings. The summed E-state index contributed by atoms with van der Waals surface area (Å²) in [5, 5.41) is 7.11. The maximum atomic E-state index is 11.9. The third-order valence-corrected chi connectivity index (χ3v) is 6.09. The first-order chi connectivity index (χ1) is 16.3. The number of nitrogens with one attached hydrogen (secondary N) is 2. The third-order valence-electron chi connectivity index (χ3n) is 5.25. The van der Waals surface area contributed by atoms with Crippen LogP contribution in [0, 0.1) is 13.8 Å². The van der Waals surface area contributed by atoms with Gasteiger partial charge in [0.1, 0.15) is 11.5 Å². The SMILES string of the molecule is Cc1cc(OCC(=O)NCCCCCCCCNC(=O)COc2ccc(Cl)c(C)c2)ccc1Cl. The fraction of sp³-hybridized carbons (Fsp3) is 0.462. The molecule has 0 unspecified atom stereocenters. The largest absolute Gasteiger partial charge is 0.484 e. The number of halogens is 2. The molecule has 0 saturated carbocycles. The smallest absolute Gasteiger partial charge is 0.257 e. The number of aryl methyl sites for hydroxylation is 2. The van der Waals surface area contributed by atoms with Gasteiger partial charge in [0.05, 0.1) is 0 Å². The van der Waals surface area contributed by atoms with Crippen LogP contribution in [-0.2, 0) is 9.59 Å². The molecule has 0 aliphatic heterocycles. The molecule has 0 atom stereocenters. The predicted octanol–water partition coefficient (Wildman–Crippen LogP) is 5.64. The highest BCUT2D eigenvalue weighted by Gasteiger charge is 2.05. The van der Waals surface area contributed by atoms with Gasteiger partial charge in [0.15, 0.2) is 13.2 Å². The average molecular weight is 509 g/mol. The molecule has 2 rings (SSSR count). The van der Waals surface area contributed by atoms with Crippen molar-refractivity contribution in [1.29, 1.82) is 0 Å². The standard InChI is InChI=1S/C26H34Cl2N2O4/c1-19-15-21(9-11-23(19)27)33-17-25(31)29-13-7-5-3-4-6-8-14-30-26(32)18-34-22-10-12-24(28)20(2)16-22/h9-12,15-16H,3-8,13-14,17-18H2,1-2H3,(H,29,31)(H,30,32). The van der Waals surface area contributed by atoms with Crippen LogP contribution < -0.4 is 20.1 Å². The maximum absolute atomic E-state index is 11.9. The molecule has 34 heavy (non-hydrogen) atoms. The lowest BCUT2D eigenvalue weighted by Gasteiger charge is -2.09. The topological polar surface area (TPSA) is 76.7 Å². The van der Waals surface area contributed by atoms with Gasteiger partial charge in [0.25, 0.3) is 11.8 Å². The fourth-order valence-electron chi connectivity index (χ4n) is 3.23. The average Bonchev–Trinajstić information content (AvgIpc) is 2.81. The lowest BCUT2D eigenvalue weighted by atomic mass is 10.1. The van der Waals surface area contributed by atoms with E-state index >= 15 is 0 Å². The van der Waals surface area contributed by atoms with E-state index in [1.54, 1.807) is 24.3 Å². The van der Waals surface area contributed by atoms with Crippen molar-refractivity contribution in [1.82, 2.24) is 10.6 Å². The molecule has 2 amide bonds. The Morgan fingerprint density at radius 2 is 1.06 bits per heavy atom. The van der Waals surface area contributed by atoms with E-state index in [0.717, 1.165) is 49.7 Å². The monoisotopic (exact) mass is 508 g/mol. The van der Waals surface area contributed by atoms with Gasteiger partial charge in [-0.05, 0) is 74.2 Å². The number of hydrogen-bond acceptors (Lipinski definition) is 4. The van der Waals surface area contributed by atoms with Crippen molar-refractivity contribution in [2.75, 3.05) is 26.3 Å². The van der Waals surface area contributed by atoms with Crippen LogP contribution in [0.5, 0.6) is 11.5 Å². The second-order valence-corrected chi connectivity index (χ2v) is 9.03. The molecule has 0 radical (unpaired) electrons. The first-order valence-corrected chi connectivity index (χ1v) is 12.4. The van der Waals surface area contributed by atoms with Crippen molar-refractivity contribution >= 4 is 35.0 Å². The van der Waals surface area contributed by atoms with Gasteiger partial charge in [0, 0.05) is 23.1 Å². The molecule has 0 spiro atoms. The van der Waals surface area contributed by atoms with Gasteiger partial charge in [-0.3, -0.25) is 9.59 Å². The van der Waals surface area contributed by atoms with Crippen LogP contribution in [0.15, 0.2) is 36.4 Å². The Bertz CT molecular complexity index is 862. The van der Waals surface area contributed by atoms with Crippen LogP contribution in [0.2, 0.25) is 10.0 Å². The number of hydrogen-bond donors (Lipinski definition) is 2. The zero-order valence-corrected chi connectivity index (χ0v) is 21.4. The van der Waals surface area contributed by atoms with E-state index < -0.39 is 0 Å². The first-order valence-electron chi connectivity index (χ1n) is 11.7. The second kappa shape index (κ2) is 15.5. The normalized spacial score (nSPS) is 10.6. The van der Waals surface area contributed by atoms with Crippen molar-refractivity contribution in [2.45, 2.75) is 52.4 Å². The Morgan fingerprint density at radius 1 is 0.676 bits per heavy atom. The zero-order valence-electron chi connectivity index (χ0n) is 19.9. The van der Waals surface area contributed by atoms with Crippen LogP contribution in [0.4, 0.5) is 0 Å². The summed E-state index contributed by atoms with van der Waals surface area (Å²) >= 11 is 12.0. The van der Waals surface area contributed by atoms with Crippen LogP contribution in [0.3, 0.4) is 0 Å². The van der Waals surface area contributed by atoms with Crippen molar-refractivity contribution in [3.05, 3.63) is 57.6 Å². The van der Waals surface area contributed by atoms with Crippen LogP contribution >= 0.6 is 23.2 Å². The van der Waals surface area contributed by atoms with E-state index in [1.807, 2.05) is 26.0 Å². The second-order valence-electron chi connectivity index (χ2n) is 8.22. The van der Waals surface area contributed by atoms with Gasteiger partial charge >= 0.3 is 0 Å². The summed E-state index contributed by atoms with van der Waals surface area (Å²) in [4.78, 5) is 23.7. The highest BCUT2D eigenvalue weighted by molar-refractivity contribution is 6.31. The number of unbranched alkanes of at least 4 members (excludes halogenated alkanes) is 5. The molecule has 0 aromatic heterocycles. The molecule has 0 heterocycles. The molecule has 2 aromatic carbocycles. The van der Waals surface area contributed by atoms with Crippen LogP contribution in [0.1, 0.15) is 49.7 Å². The molecule has 2 N–H and O–H groups in total. The predicted molar refractivity (Wildman–Crippen MR) is 137 cm³/mol. The molecule has 0 saturated heterocycles. The Hall–Kier alpha value is -2.44. The minimum absolute atomic E-state index is 0.00280. The Balaban J connectivity index is 1.40. The quantitative estimate of drug-likeness (QED) is 0.305. The summed E-state index contributed by atoms with van der Waals surface area (Å²) in [7, 11) is 0. The van der Waals surface area contributed by atoms with Gasteiger partial charge in [-0.2, -0.15) is 0 Å². The molecule has 6 nitrogen and oxygen atoms in total. The molecule has 0 aliphatic carbocycles. The highest BCUT2D eigenvalue weighted by atomic mass is 35.5. The third kappa shape index (κ3) is 11.1. The van der Waals surface area contributed by atoms with E-state index in [0.29, 0.717) is 34.6 Å². The molecule has 0 bridgehead atoms. The van der Waals surface area contributed by atoms with E-state index in [4.69, 9.17) is 32.7 Å². The number of carbonyl (C=O) groups is 2. The summed E-state index contributed by atoms with van der Waals surface area (Å²) in [6, 6.07) is 10.7. The number of amides is 2. The van der Waals surface area contributed by atoms with E-state index in [2.05, 4.69) is 10.6 Å². The lowest BCUT2D eigenvalue weighted by molar-refractivity contribution is -0.123. The van der Waals surface area contributed by atoms with Crippen molar-refractivity contribution in [3.8, 4) is 11.5 Å². The summed E-state index contributed by atoms with van der Waals surface area (Å²) in [6.07, 6.45) is 6.18. The number of benzene rings is 2. The number of carbonyl (C=O) groups excluding carboxylic acids is 2. The Kier molecular flexibility index (Phi) is 12.6. The van der Waals surface area contributed by atoms with E-state index in [9.17, 15) is 9.59 Å². The van der Waals surface area contributed by atoms with Gasteiger partial charge in [0.2, 0.25) is 0 Å². The molecule has 0 fully saturated rings. The van der Waals surface area contributed by atoms with E-state index in [-0.39, 0.29) is 25.0 Å². The minimum Gasteiger partial charge on any atom is -0.484 e. The number of rotatable bonds is 15. The van der Waals surface area contributed by atoms with Crippen molar-refractivity contribution < 1.29 is 19.1 Å². The molecular weight excluding hydrogens is 475 g/mol. The van der Waals surface area contributed by atoms with Crippen molar-refractivity contribution in [3.63, 3.8) is 0 Å². The molecular formula is C26H34Cl2N2O4. The van der Waals surface area contributed by atoms with Crippen molar-refractivity contribution in [2.24, 2.45) is 0 Å². The maximum Gasteiger partial charge on any atom is 0.257 e. The highest BCUT2D eigenvalue weighted by Crippen LogP contribution is 2.21. The Morgan fingerprint density at radius 3 is 1.44 bits per heavy atom. The van der Waals surface area contributed by atoms with Crippen LogP contribution in [0.25, 0.3) is 0 Å². The zero-order chi connectivity index (χ0) is 24.8. The Labute approximate surface area is 212 Å².